The van der Waals surface area contributed by atoms with Crippen molar-refractivity contribution >= 4 is 11.8 Å². The molecular formula is C13H24N2O2. The zero-order valence-corrected chi connectivity index (χ0v) is 11.3. The third-order valence-electron chi connectivity index (χ3n) is 3.15. The molecule has 0 aliphatic carbocycles. The average molecular weight is 240 g/mol. The Morgan fingerprint density at radius 1 is 1.35 bits per heavy atom. The van der Waals surface area contributed by atoms with Crippen LogP contribution in [-0.2, 0) is 9.59 Å². The second kappa shape index (κ2) is 6.03. The molecule has 2 unspecified atom stereocenters. The van der Waals surface area contributed by atoms with Gasteiger partial charge in [0.2, 0.25) is 11.8 Å². The van der Waals surface area contributed by atoms with Crippen LogP contribution in [0.2, 0.25) is 0 Å². The zero-order chi connectivity index (χ0) is 13.0. The molecule has 1 fully saturated rings. The first kappa shape index (κ1) is 14.0. The standard InChI is InChI=1S/C13H24N2O2/c1-5-6-11-13(17)15(8-12(16)14-11)10(4)7-9(2)3/h9-11H,5-8H2,1-4H3,(H,14,16). The second-order valence-corrected chi connectivity index (χ2v) is 5.35. The maximum Gasteiger partial charge on any atom is 0.245 e. The summed E-state index contributed by atoms with van der Waals surface area (Å²) in [6, 6.07) is -0.163. The van der Waals surface area contributed by atoms with Gasteiger partial charge in [-0.05, 0) is 25.7 Å². The minimum atomic E-state index is -0.309. The Morgan fingerprint density at radius 2 is 2.00 bits per heavy atom. The summed E-state index contributed by atoms with van der Waals surface area (Å²) in [5, 5.41) is 2.78. The van der Waals surface area contributed by atoms with Crippen LogP contribution in [0.3, 0.4) is 0 Å². The highest BCUT2D eigenvalue weighted by Crippen LogP contribution is 2.16. The van der Waals surface area contributed by atoms with Crippen molar-refractivity contribution in [2.45, 2.75) is 59.0 Å². The Labute approximate surface area is 104 Å². The third kappa shape index (κ3) is 3.72. The molecular weight excluding hydrogens is 216 g/mol. The molecule has 0 aromatic carbocycles. The fraction of sp³-hybridized carbons (Fsp3) is 0.846. The van der Waals surface area contributed by atoms with E-state index in [-0.39, 0.29) is 30.4 Å². The molecule has 0 aromatic heterocycles. The normalized spacial score (nSPS) is 22.9. The van der Waals surface area contributed by atoms with E-state index in [4.69, 9.17) is 0 Å². The van der Waals surface area contributed by atoms with Crippen LogP contribution in [-0.4, -0.2) is 35.3 Å². The predicted molar refractivity (Wildman–Crippen MR) is 67.5 cm³/mol. The lowest BCUT2D eigenvalue weighted by atomic mass is 10.0. The SMILES string of the molecule is CCCC1NC(=O)CN(C(C)CC(C)C)C1=O. The number of amides is 2. The van der Waals surface area contributed by atoms with Crippen LogP contribution in [0.25, 0.3) is 0 Å². The fourth-order valence-electron chi connectivity index (χ4n) is 2.40. The molecule has 0 bridgehead atoms. The molecule has 0 radical (unpaired) electrons. The van der Waals surface area contributed by atoms with Crippen molar-refractivity contribution < 1.29 is 9.59 Å². The minimum absolute atomic E-state index is 0.0290. The molecule has 2 atom stereocenters. The number of hydrogen-bond donors (Lipinski definition) is 1. The van der Waals surface area contributed by atoms with Gasteiger partial charge in [-0.15, -0.1) is 0 Å². The molecule has 1 aliphatic heterocycles. The smallest absolute Gasteiger partial charge is 0.245 e. The summed E-state index contributed by atoms with van der Waals surface area (Å²) < 4.78 is 0. The van der Waals surface area contributed by atoms with Crippen molar-refractivity contribution in [3.8, 4) is 0 Å². The van der Waals surface area contributed by atoms with E-state index >= 15 is 0 Å². The van der Waals surface area contributed by atoms with Crippen molar-refractivity contribution in [3.05, 3.63) is 0 Å². The highest BCUT2D eigenvalue weighted by Gasteiger charge is 2.34. The number of piperazine rings is 1. The summed E-state index contributed by atoms with van der Waals surface area (Å²) >= 11 is 0. The molecule has 2 amide bonds. The van der Waals surface area contributed by atoms with Crippen molar-refractivity contribution in [2.75, 3.05) is 6.54 Å². The van der Waals surface area contributed by atoms with Crippen molar-refractivity contribution in [1.82, 2.24) is 10.2 Å². The van der Waals surface area contributed by atoms with Crippen LogP contribution in [0.1, 0.15) is 47.0 Å². The van der Waals surface area contributed by atoms with E-state index in [2.05, 4.69) is 19.2 Å². The number of nitrogens with one attached hydrogen (secondary N) is 1. The van der Waals surface area contributed by atoms with Gasteiger partial charge in [0, 0.05) is 6.04 Å². The van der Waals surface area contributed by atoms with E-state index in [1.54, 1.807) is 4.90 Å². The molecule has 4 nitrogen and oxygen atoms in total. The number of hydrogen-bond acceptors (Lipinski definition) is 2. The molecule has 0 spiro atoms. The largest absolute Gasteiger partial charge is 0.343 e. The first-order valence-electron chi connectivity index (χ1n) is 6.55. The molecule has 17 heavy (non-hydrogen) atoms. The maximum atomic E-state index is 12.2. The summed E-state index contributed by atoms with van der Waals surface area (Å²) in [7, 11) is 0. The molecule has 4 heteroatoms. The van der Waals surface area contributed by atoms with Crippen molar-refractivity contribution in [2.24, 2.45) is 5.92 Å². The van der Waals surface area contributed by atoms with E-state index in [0.29, 0.717) is 5.92 Å². The van der Waals surface area contributed by atoms with E-state index in [1.807, 2.05) is 13.8 Å². The van der Waals surface area contributed by atoms with Crippen LogP contribution in [0.5, 0.6) is 0 Å². The Kier molecular flexibility index (Phi) is 4.97. The molecule has 1 N–H and O–H groups in total. The van der Waals surface area contributed by atoms with Gasteiger partial charge in [0.25, 0.3) is 0 Å². The number of carbonyl (C=O) groups excluding carboxylic acids is 2. The highest BCUT2D eigenvalue weighted by molar-refractivity contribution is 5.94. The first-order valence-corrected chi connectivity index (χ1v) is 6.55. The summed E-state index contributed by atoms with van der Waals surface area (Å²) in [4.78, 5) is 25.5. The van der Waals surface area contributed by atoms with Crippen molar-refractivity contribution in [3.63, 3.8) is 0 Å². The van der Waals surface area contributed by atoms with Gasteiger partial charge in [0.15, 0.2) is 0 Å². The Hall–Kier alpha value is -1.06. The van der Waals surface area contributed by atoms with Crippen LogP contribution < -0.4 is 5.32 Å². The van der Waals surface area contributed by atoms with E-state index in [9.17, 15) is 9.59 Å². The van der Waals surface area contributed by atoms with E-state index in [0.717, 1.165) is 19.3 Å². The Balaban J connectivity index is 2.69. The van der Waals surface area contributed by atoms with Crippen LogP contribution in [0.4, 0.5) is 0 Å². The zero-order valence-electron chi connectivity index (χ0n) is 11.3. The van der Waals surface area contributed by atoms with Crippen LogP contribution >= 0.6 is 0 Å². The van der Waals surface area contributed by atoms with Gasteiger partial charge < -0.3 is 10.2 Å². The monoisotopic (exact) mass is 240 g/mol. The molecule has 1 aliphatic rings. The predicted octanol–water partition coefficient (Wildman–Crippen LogP) is 1.55. The summed E-state index contributed by atoms with van der Waals surface area (Å²) in [6.07, 6.45) is 2.58. The van der Waals surface area contributed by atoms with Gasteiger partial charge in [-0.2, -0.15) is 0 Å². The van der Waals surface area contributed by atoms with Gasteiger partial charge in [0.1, 0.15) is 6.04 Å². The topological polar surface area (TPSA) is 49.4 Å². The second-order valence-electron chi connectivity index (χ2n) is 5.35. The van der Waals surface area contributed by atoms with Crippen molar-refractivity contribution in [1.29, 1.82) is 0 Å². The van der Waals surface area contributed by atoms with Gasteiger partial charge in [0.05, 0.1) is 6.54 Å². The first-order chi connectivity index (χ1) is 7.95. The van der Waals surface area contributed by atoms with E-state index < -0.39 is 0 Å². The quantitative estimate of drug-likeness (QED) is 0.792. The van der Waals surface area contributed by atoms with Crippen LogP contribution in [0.15, 0.2) is 0 Å². The van der Waals surface area contributed by atoms with Gasteiger partial charge in [-0.3, -0.25) is 9.59 Å². The number of carbonyl (C=O) groups is 2. The van der Waals surface area contributed by atoms with Gasteiger partial charge in [-0.25, -0.2) is 0 Å². The molecule has 0 aromatic rings. The lowest BCUT2D eigenvalue weighted by molar-refractivity contribution is -0.146. The molecule has 1 rings (SSSR count). The molecule has 0 saturated carbocycles. The summed E-state index contributed by atoms with van der Waals surface area (Å²) in [6.45, 7) is 8.53. The summed E-state index contributed by atoms with van der Waals surface area (Å²) in [5.41, 5.74) is 0. The highest BCUT2D eigenvalue weighted by atomic mass is 16.2. The van der Waals surface area contributed by atoms with E-state index in [1.165, 1.54) is 0 Å². The molecule has 98 valence electrons. The average Bonchev–Trinajstić information content (AvgIpc) is 2.22. The van der Waals surface area contributed by atoms with Gasteiger partial charge in [-0.1, -0.05) is 27.2 Å². The van der Waals surface area contributed by atoms with Gasteiger partial charge >= 0.3 is 0 Å². The fourth-order valence-corrected chi connectivity index (χ4v) is 2.40. The van der Waals surface area contributed by atoms with Crippen LogP contribution in [0, 0.1) is 5.92 Å². The minimum Gasteiger partial charge on any atom is -0.343 e. The molecule has 1 saturated heterocycles. The number of nitrogens with zero attached hydrogens (tertiary/aromatic N) is 1. The number of rotatable bonds is 5. The Bertz CT molecular complexity index is 289. The maximum absolute atomic E-state index is 12.2. The lowest BCUT2D eigenvalue weighted by Gasteiger charge is -2.37. The third-order valence-corrected chi connectivity index (χ3v) is 3.15. The lowest BCUT2D eigenvalue weighted by Crippen LogP contribution is -2.60. The Morgan fingerprint density at radius 3 is 2.53 bits per heavy atom. The molecule has 1 heterocycles. The summed E-state index contributed by atoms with van der Waals surface area (Å²) in [5.74, 6) is 0.589.